The molecule has 0 aliphatic carbocycles. The van der Waals surface area contributed by atoms with E-state index in [1.165, 1.54) is 4.88 Å². The molecule has 3 nitrogen and oxygen atoms in total. The van der Waals surface area contributed by atoms with Crippen molar-refractivity contribution >= 4 is 29.7 Å². The number of carbonyl (C=O) groups is 1. The topological polar surface area (TPSA) is 46.3 Å². The Bertz CT molecular complexity index is 303. The van der Waals surface area contributed by atoms with Gasteiger partial charge >= 0.3 is 0 Å². The maximum Gasteiger partial charge on any atom is 0.239 e. The van der Waals surface area contributed by atoms with Crippen molar-refractivity contribution in [2.45, 2.75) is 32.4 Å². The van der Waals surface area contributed by atoms with Gasteiger partial charge in [0.05, 0.1) is 12.6 Å². The summed E-state index contributed by atoms with van der Waals surface area (Å²) in [6, 6.07) is 3.67. The Morgan fingerprint density at radius 1 is 1.62 bits per heavy atom. The zero-order valence-corrected chi connectivity index (χ0v) is 11.3. The zero-order valence-electron chi connectivity index (χ0n) is 9.68. The van der Waals surface area contributed by atoms with Crippen LogP contribution in [-0.2, 0) is 11.3 Å². The molecule has 0 aromatic carbocycles. The van der Waals surface area contributed by atoms with Gasteiger partial charge in [0.25, 0.3) is 0 Å². The van der Waals surface area contributed by atoms with E-state index in [1.807, 2.05) is 24.4 Å². The fraction of sp³-hybridized carbons (Fsp3) is 0.545. The number of rotatable bonds is 5. The Morgan fingerprint density at radius 3 is 2.81 bits per heavy atom. The summed E-state index contributed by atoms with van der Waals surface area (Å²) in [6.07, 6.45) is 1.70. The number of nitrogens with zero attached hydrogens (tertiary/aromatic N) is 1. The molecule has 1 unspecified atom stereocenters. The summed E-state index contributed by atoms with van der Waals surface area (Å²) in [7, 11) is 1.80. The molecule has 0 aliphatic rings. The van der Waals surface area contributed by atoms with Crippen LogP contribution in [0.5, 0.6) is 0 Å². The predicted molar refractivity (Wildman–Crippen MR) is 70.9 cm³/mol. The van der Waals surface area contributed by atoms with Gasteiger partial charge in [-0.05, 0) is 17.9 Å². The Labute approximate surface area is 107 Å². The van der Waals surface area contributed by atoms with Gasteiger partial charge in [-0.1, -0.05) is 19.4 Å². The van der Waals surface area contributed by atoms with Crippen LogP contribution in [0.25, 0.3) is 0 Å². The van der Waals surface area contributed by atoms with Crippen molar-refractivity contribution in [2.24, 2.45) is 5.73 Å². The summed E-state index contributed by atoms with van der Waals surface area (Å²) in [5.41, 5.74) is 5.77. The van der Waals surface area contributed by atoms with Crippen LogP contribution in [0.4, 0.5) is 0 Å². The molecule has 0 radical (unpaired) electrons. The van der Waals surface area contributed by atoms with Gasteiger partial charge in [0.2, 0.25) is 5.91 Å². The molecule has 0 fully saturated rings. The number of amides is 1. The third-order valence-corrected chi connectivity index (χ3v) is 3.13. The van der Waals surface area contributed by atoms with Crippen molar-refractivity contribution in [3.63, 3.8) is 0 Å². The molecule has 2 N–H and O–H groups in total. The van der Waals surface area contributed by atoms with Crippen molar-refractivity contribution in [3.05, 3.63) is 22.4 Å². The van der Waals surface area contributed by atoms with Crippen LogP contribution >= 0.6 is 23.7 Å². The number of thiophene rings is 1. The predicted octanol–water partition coefficient (Wildman–Crippen LogP) is 2.26. The summed E-state index contributed by atoms with van der Waals surface area (Å²) in [5.74, 6) is 0.0326. The normalized spacial score (nSPS) is 11.7. The maximum absolute atomic E-state index is 11.8. The molecule has 92 valence electrons. The van der Waals surface area contributed by atoms with Crippen LogP contribution in [-0.4, -0.2) is 23.9 Å². The summed E-state index contributed by atoms with van der Waals surface area (Å²) >= 11 is 1.66. The van der Waals surface area contributed by atoms with E-state index in [0.29, 0.717) is 6.54 Å². The van der Waals surface area contributed by atoms with Crippen molar-refractivity contribution in [1.82, 2.24) is 4.90 Å². The Kier molecular flexibility index (Phi) is 7.38. The van der Waals surface area contributed by atoms with Gasteiger partial charge in [0.1, 0.15) is 0 Å². The van der Waals surface area contributed by atoms with Crippen LogP contribution in [0.15, 0.2) is 17.5 Å². The number of likely N-dealkylation sites (N-methyl/N-ethyl adjacent to an activating group) is 1. The van der Waals surface area contributed by atoms with E-state index >= 15 is 0 Å². The molecule has 1 aromatic rings. The second kappa shape index (κ2) is 7.65. The van der Waals surface area contributed by atoms with Gasteiger partial charge < -0.3 is 10.6 Å². The van der Waals surface area contributed by atoms with Crippen LogP contribution in [0.1, 0.15) is 24.6 Å². The van der Waals surface area contributed by atoms with Crippen molar-refractivity contribution in [3.8, 4) is 0 Å². The van der Waals surface area contributed by atoms with Gasteiger partial charge in [-0.25, -0.2) is 0 Å². The highest BCUT2D eigenvalue weighted by molar-refractivity contribution is 7.09. The van der Waals surface area contributed by atoms with Crippen molar-refractivity contribution in [2.75, 3.05) is 7.05 Å². The first-order valence-corrected chi connectivity index (χ1v) is 6.06. The smallest absolute Gasteiger partial charge is 0.239 e. The van der Waals surface area contributed by atoms with Gasteiger partial charge in [-0.3, -0.25) is 4.79 Å². The molecule has 1 rings (SSSR count). The summed E-state index contributed by atoms with van der Waals surface area (Å²) < 4.78 is 0. The van der Waals surface area contributed by atoms with Crippen LogP contribution in [0.2, 0.25) is 0 Å². The fourth-order valence-electron chi connectivity index (χ4n) is 1.43. The minimum absolute atomic E-state index is 0. The molecular formula is C11H19ClN2OS. The van der Waals surface area contributed by atoms with Crippen molar-refractivity contribution < 1.29 is 4.79 Å². The maximum atomic E-state index is 11.8. The lowest BCUT2D eigenvalue weighted by Gasteiger charge is -2.20. The summed E-state index contributed by atoms with van der Waals surface area (Å²) in [5, 5.41) is 2.01. The van der Waals surface area contributed by atoms with Crippen LogP contribution in [0, 0.1) is 0 Å². The number of hydrogen-bond donors (Lipinski definition) is 1. The highest BCUT2D eigenvalue weighted by Gasteiger charge is 2.17. The summed E-state index contributed by atoms with van der Waals surface area (Å²) in [6.45, 7) is 2.69. The first-order chi connectivity index (χ1) is 7.15. The lowest BCUT2D eigenvalue weighted by atomic mass is 10.1. The minimum Gasteiger partial charge on any atom is -0.339 e. The molecule has 0 spiro atoms. The second-order valence-corrected chi connectivity index (χ2v) is 4.70. The van der Waals surface area contributed by atoms with Crippen LogP contribution in [0.3, 0.4) is 0 Å². The third kappa shape index (κ3) is 4.51. The first kappa shape index (κ1) is 15.4. The summed E-state index contributed by atoms with van der Waals surface area (Å²) in [4.78, 5) is 14.7. The highest BCUT2D eigenvalue weighted by atomic mass is 35.5. The molecule has 0 aliphatic heterocycles. The Morgan fingerprint density at radius 2 is 2.31 bits per heavy atom. The Hall–Kier alpha value is -0.580. The molecule has 0 saturated heterocycles. The SMILES string of the molecule is CCCC(N)C(=O)N(C)Cc1cccs1.Cl. The zero-order chi connectivity index (χ0) is 11.3. The molecule has 1 amide bonds. The van der Waals surface area contributed by atoms with E-state index in [2.05, 4.69) is 0 Å². The number of hydrogen-bond acceptors (Lipinski definition) is 3. The second-order valence-electron chi connectivity index (χ2n) is 3.67. The van der Waals surface area contributed by atoms with E-state index in [-0.39, 0.29) is 24.4 Å². The van der Waals surface area contributed by atoms with Gasteiger partial charge in [-0.15, -0.1) is 23.7 Å². The van der Waals surface area contributed by atoms with Gasteiger partial charge in [0, 0.05) is 11.9 Å². The first-order valence-electron chi connectivity index (χ1n) is 5.18. The monoisotopic (exact) mass is 262 g/mol. The van der Waals surface area contributed by atoms with E-state index in [1.54, 1.807) is 23.3 Å². The quantitative estimate of drug-likeness (QED) is 0.885. The largest absolute Gasteiger partial charge is 0.339 e. The number of nitrogens with two attached hydrogens (primary N) is 1. The van der Waals surface area contributed by atoms with Gasteiger partial charge in [-0.2, -0.15) is 0 Å². The van der Waals surface area contributed by atoms with Crippen molar-refractivity contribution in [1.29, 1.82) is 0 Å². The highest BCUT2D eigenvalue weighted by Crippen LogP contribution is 2.11. The minimum atomic E-state index is -0.347. The van der Waals surface area contributed by atoms with E-state index in [0.717, 1.165) is 12.8 Å². The van der Waals surface area contributed by atoms with E-state index in [9.17, 15) is 4.79 Å². The molecule has 1 heterocycles. The molecule has 0 bridgehead atoms. The van der Waals surface area contributed by atoms with Crippen LogP contribution < -0.4 is 5.73 Å². The van der Waals surface area contributed by atoms with Gasteiger partial charge in [0.15, 0.2) is 0 Å². The fourth-order valence-corrected chi connectivity index (χ4v) is 2.19. The molecule has 1 atom stereocenters. The lowest BCUT2D eigenvalue weighted by Crippen LogP contribution is -2.41. The standard InChI is InChI=1S/C11H18N2OS.ClH/c1-3-5-10(12)11(14)13(2)8-9-6-4-7-15-9;/h4,6-7,10H,3,5,8,12H2,1-2H3;1H. The number of halogens is 1. The molecule has 1 aromatic heterocycles. The molecule has 5 heteroatoms. The number of carbonyl (C=O) groups excluding carboxylic acids is 1. The molecular weight excluding hydrogens is 244 g/mol. The average molecular weight is 263 g/mol. The molecule has 0 saturated carbocycles. The molecule has 16 heavy (non-hydrogen) atoms. The Balaban J connectivity index is 0.00000225. The third-order valence-electron chi connectivity index (χ3n) is 2.27. The van der Waals surface area contributed by atoms with E-state index in [4.69, 9.17) is 5.73 Å². The average Bonchev–Trinajstić information content (AvgIpc) is 2.69. The lowest BCUT2D eigenvalue weighted by molar-refractivity contribution is -0.131. The van der Waals surface area contributed by atoms with E-state index < -0.39 is 0 Å².